The molecule has 0 saturated carbocycles. The minimum atomic E-state index is -0.833. The molecular formula is C23H25NO7. The summed E-state index contributed by atoms with van der Waals surface area (Å²) in [6.07, 6.45) is 0.108. The summed E-state index contributed by atoms with van der Waals surface area (Å²) in [6, 6.07) is 5.50. The van der Waals surface area contributed by atoms with Crippen LogP contribution in [0.3, 0.4) is 0 Å². The molecule has 0 aromatic heterocycles. The molecule has 31 heavy (non-hydrogen) atoms. The van der Waals surface area contributed by atoms with E-state index in [1.807, 2.05) is 6.07 Å². The molecule has 1 aliphatic carbocycles. The monoisotopic (exact) mass is 427 g/mol. The molecule has 2 heterocycles. The number of carbonyl (C=O) groups is 3. The van der Waals surface area contributed by atoms with Crippen LogP contribution >= 0.6 is 0 Å². The molecule has 1 saturated heterocycles. The molecule has 1 fully saturated rings. The second-order valence-corrected chi connectivity index (χ2v) is 8.93. The molecule has 8 heteroatoms. The Hall–Kier alpha value is -3.29. The Bertz CT molecular complexity index is 1030. The van der Waals surface area contributed by atoms with E-state index in [4.69, 9.17) is 18.9 Å². The Balaban J connectivity index is 1.49. The van der Waals surface area contributed by atoms with E-state index in [0.717, 1.165) is 11.1 Å². The smallest absolute Gasteiger partial charge is 0.412 e. The lowest BCUT2D eigenvalue weighted by Gasteiger charge is -2.20. The zero-order valence-electron chi connectivity index (χ0n) is 18.1. The quantitative estimate of drug-likeness (QED) is 0.338. The van der Waals surface area contributed by atoms with Gasteiger partial charge in [-0.15, -0.1) is 0 Å². The number of esters is 2. The molecule has 3 atom stereocenters. The van der Waals surface area contributed by atoms with Crippen molar-refractivity contribution in [1.29, 1.82) is 0 Å². The molecule has 164 valence electrons. The first-order valence-corrected chi connectivity index (χ1v) is 10.1. The summed E-state index contributed by atoms with van der Waals surface area (Å²) in [5.74, 6) is -1.10. The van der Waals surface area contributed by atoms with E-state index in [1.54, 1.807) is 46.8 Å². The van der Waals surface area contributed by atoms with Gasteiger partial charge in [0.2, 0.25) is 0 Å². The minimum absolute atomic E-state index is 0.207. The van der Waals surface area contributed by atoms with Crippen LogP contribution in [0.25, 0.3) is 0 Å². The van der Waals surface area contributed by atoms with Gasteiger partial charge in [-0.25, -0.2) is 14.4 Å². The number of fused-ring (bicyclic) bond motifs is 3. The zero-order chi connectivity index (χ0) is 22.5. The number of hydrogen-bond acceptors (Lipinski definition) is 7. The van der Waals surface area contributed by atoms with Crippen molar-refractivity contribution in [2.24, 2.45) is 5.92 Å². The summed E-state index contributed by atoms with van der Waals surface area (Å²) in [4.78, 5) is 36.2. The van der Waals surface area contributed by atoms with Crippen LogP contribution in [0, 0.1) is 5.92 Å². The van der Waals surface area contributed by atoms with Gasteiger partial charge in [0.25, 0.3) is 6.29 Å². The summed E-state index contributed by atoms with van der Waals surface area (Å²) in [7, 11) is 0. The largest absolute Gasteiger partial charge is 0.458 e. The molecule has 1 aromatic carbocycles. The third kappa shape index (κ3) is 4.02. The fraction of sp³-hybridized carbons (Fsp3) is 0.435. The van der Waals surface area contributed by atoms with Crippen LogP contribution in [-0.2, 0) is 35.0 Å². The van der Waals surface area contributed by atoms with Crippen molar-refractivity contribution in [2.45, 2.75) is 59.0 Å². The van der Waals surface area contributed by atoms with Crippen LogP contribution in [-0.4, -0.2) is 29.9 Å². The van der Waals surface area contributed by atoms with Gasteiger partial charge >= 0.3 is 18.0 Å². The standard InChI is InChI=1S/C23H25NO7/c1-11-12(2)21(30-19(11)25)28-10-17-16-8-13-6-7-14(24-22(27)31-23(3,4)5)9-15(13)18(16)29-20(17)26/h6-7,9-10,16,18,21H,8H2,1-5H3,(H,24,27)/b17-10+/t16?,18?,21-/m0/s1. The number of benzene rings is 1. The van der Waals surface area contributed by atoms with Crippen LogP contribution in [0.4, 0.5) is 10.5 Å². The van der Waals surface area contributed by atoms with Gasteiger partial charge < -0.3 is 18.9 Å². The summed E-state index contributed by atoms with van der Waals surface area (Å²) in [5, 5.41) is 2.71. The summed E-state index contributed by atoms with van der Waals surface area (Å²) in [5.41, 5.74) is 3.42. The Kier molecular flexibility index (Phi) is 5.03. The molecule has 1 amide bonds. The third-order valence-corrected chi connectivity index (χ3v) is 5.56. The van der Waals surface area contributed by atoms with Gasteiger partial charge in [0.15, 0.2) is 0 Å². The molecule has 0 bridgehead atoms. The first kappa shape index (κ1) is 21.0. The molecule has 2 unspecified atom stereocenters. The van der Waals surface area contributed by atoms with Crippen LogP contribution in [0.1, 0.15) is 51.8 Å². The number of cyclic esters (lactones) is 1. The van der Waals surface area contributed by atoms with Gasteiger partial charge in [-0.2, -0.15) is 0 Å². The number of anilines is 1. The topological polar surface area (TPSA) is 100 Å². The van der Waals surface area contributed by atoms with Gasteiger partial charge in [0.05, 0.1) is 11.8 Å². The lowest BCUT2D eigenvalue weighted by molar-refractivity contribution is -0.153. The predicted octanol–water partition coefficient (Wildman–Crippen LogP) is 3.92. The number of hydrogen-bond donors (Lipinski definition) is 1. The Morgan fingerprint density at radius 2 is 1.90 bits per heavy atom. The molecule has 0 spiro atoms. The van der Waals surface area contributed by atoms with Crippen molar-refractivity contribution in [1.82, 2.24) is 0 Å². The van der Waals surface area contributed by atoms with Crippen LogP contribution in [0.15, 0.2) is 41.2 Å². The number of ether oxygens (including phenoxy) is 4. The lowest BCUT2D eigenvalue weighted by atomic mass is 9.98. The van der Waals surface area contributed by atoms with Crippen LogP contribution in [0.2, 0.25) is 0 Å². The maximum absolute atomic E-state index is 12.5. The maximum Gasteiger partial charge on any atom is 0.412 e. The SMILES string of the molecule is CC1=C(C)[C@@H](O/C=C2/C(=O)OC3c4cc(NC(=O)OC(C)(C)C)ccc4CC23)OC1=O. The highest BCUT2D eigenvalue weighted by Crippen LogP contribution is 2.48. The second-order valence-electron chi connectivity index (χ2n) is 8.93. The Morgan fingerprint density at radius 3 is 2.55 bits per heavy atom. The van der Waals surface area contributed by atoms with Crippen LogP contribution < -0.4 is 5.32 Å². The van der Waals surface area contributed by atoms with Crippen molar-refractivity contribution in [3.05, 3.63) is 52.3 Å². The third-order valence-electron chi connectivity index (χ3n) is 5.56. The van der Waals surface area contributed by atoms with Crippen molar-refractivity contribution < 1.29 is 33.3 Å². The van der Waals surface area contributed by atoms with E-state index < -0.39 is 36.0 Å². The van der Waals surface area contributed by atoms with E-state index in [-0.39, 0.29) is 5.92 Å². The molecule has 3 aliphatic rings. The first-order valence-electron chi connectivity index (χ1n) is 10.1. The van der Waals surface area contributed by atoms with E-state index in [2.05, 4.69) is 5.32 Å². The van der Waals surface area contributed by atoms with Gasteiger partial charge in [-0.3, -0.25) is 5.32 Å². The van der Waals surface area contributed by atoms with Gasteiger partial charge in [-0.1, -0.05) is 6.07 Å². The minimum Gasteiger partial charge on any atom is -0.458 e. The molecular weight excluding hydrogens is 402 g/mol. The molecule has 0 radical (unpaired) electrons. The van der Waals surface area contributed by atoms with E-state index in [9.17, 15) is 14.4 Å². The zero-order valence-corrected chi connectivity index (χ0v) is 18.1. The maximum atomic E-state index is 12.5. The summed E-state index contributed by atoms with van der Waals surface area (Å²) in [6.45, 7) is 8.80. The average Bonchev–Trinajstić information content (AvgIpc) is 3.24. The molecule has 8 nitrogen and oxygen atoms in total. The fourth-order valence-corrected chi connectivity index (χ4v) is 3.87. The number of nitrogens with one attached hydrogen (secondary N) is 1. The highest BCUT2D eigenvalue weighted by molar-refractivity contribution is 5.93. The summed E-state index contributed by atoms with van der Waals surface area (Å²) >= 11 is 0. The van der Waals surface area contributed by atoms with Crippen molar-refractivity contribution in [3.63, 3.8) is 0 Å². The lowest BCUT2D eigenvalue weighted by Crippen LogP contribution is -2.27. The van der Waals surface area contributed by atoms with E-state index in [0.29, 0.717) is 28.8 Å². The highest BCUT2D eigenvalue weighted by atomic mass is 16.7. The Labute approximate surface area is 180 Å². The van der Waals surface area contributed by atoms with Crippen molar-refractivity contribution in [3.8, 4) is 0 Å². The molecule has 2 aliphatic heterocycles. The average molecular weight is 427 g/mol. The summed E-state index contributed by atoms with van der Waals surface area (Å²) < 4.78 is 21.6. The number of carbonyl (C=O) groups excluding carboxylic acids is 3. The molecule has 1 N–H and O–H groups in total. The normalized spacial score (nSPS) is 25.8. The van der Waals surface area contributed by atoms with Crippen LogP contribution in [0.5, 0.6) is 0 Å². The Morgan fingerprint density at radius 1 is 1.16 bits per heavy atom. The van der Waals surface area contributed by atoms with Gasteiger partial charge in [0.1, 0.15) is 11.7 Å². The highest BCUT2D eigenvalue weighted by Gasteiger charge is 2.47. The van der Waals surface area contributed by atoms with Crippen molar-refractivity contribution in [2.75, 3.05) is 5.32 Å². The molecule has 1 aromatic rings. The predicted molar refractivity (Wildman–Crippen MR) is 110 cm³/mol. The van der Waals surface area contributed by atoms with E-state index in [1.165, 1.54) is 6.26 Å². The number of rotatable bonds is 3. The number of amides is 1. The fourth-order valence-electron chi connectivity index (χ4n) is 3.87. The van der Waals surface area contributed by atoms with E-state index >= 15 is 0 Å². The van der Waals surface area contributed by atoms with Crippen molar-refractivity contribution >= 4 is 23.7 Å². The molecule has 4 rings (SSSR count). The van der Waals surface area contributed by atoms with Gasteiger partial charge in [0, 0.05) is 22.8 Å². The van der Waals surface area contributed by atoms with Gasteiger partial charge in [-0.05, 0) is 64.3 Å². The second kappa shape index (κ2) is 7.44. The first-order chi connectivity index (χ1) is 14.5.